The van der Waals surface area contributed by atoms with Crippen molar-refractivity contribution in [1.82, 2.24) is 0 Å². The van der Waals surface area contributed by atoms with Crippen molar-refractivity contribution in [2.75, 3.05) is 43.0 Å². The van der Waals surface area contributed by atoms with Crippen molar-refractivity contribution in [1.29, 1.82) is 0 Å². The summed E-state index contributed by atoms with van der Waals surface area (Å²) in [6, 6.07) is 14.4. The van der Waals surface area contributed by atoms with Crippen LogP contribution in [0.1, 0.15) is 32.3 Å². The third kappa shape index (κ3) is 11.4. The predicted octanol–water partition coefficient (Wildman–Crippen LogP) is 9.00. The highest BCUT2D eigenvalue weighted by Crippen LogP contribution is 2.42. The Morgan fingerprint density at radius 3 is 1.71 bits per heavy atom. The fourth-order valence-electron chi connectivity index (χ4n) is 4.57. The average Bonchev–Trinajstić information content (AvgIpc) is 3.07. The molecule has 0 heterocycles. The van der Waals surface area contributed by atoms with Crippen LogP contribution in [0.15, 0.2) is 75.1 Å². The molecule has 3 rings (SSSR count). The lowest BCUT2D eigenvalue weighted by molar-refractivity contribution is -0.384. The number of carbonyl (C=O) groups is 2. The van der Waals surface area contributed by atoms with Crippen molar-refractivity contribution in [3.05, 3.63) is 70.3 Å². The summed E-state index contributed by atoms with van der Waals surface area (Å²) >= 11 is 11.7. The smallest absolute Gasteiger partial charge is 0.307 e. The van der Waals surface area contributed by atoms with E-state index in [1.54, 1.807) is 18.2 Å². The van der Waals surface area contributed by atoms with Gasteiger partial charge in [-0.25, -0.2) is 0 Å². The second-order valence-electron chi connectivity index (χ2n) is 10.7. The Kier molecular flexibility index (Phi) is 15.2. The van der Waals surface area contributed by atoms with Crippen LogP contribution in [-0.2, 0) is 9.59 Å². The maximum atomic E-state index is 11.6. The molecule has 0 aromatic heterocycles. The number of alkyl halides is 2. The number of nitro groups is 1. The maximum absolute atomic E-state index is 11.6. The lowest BCUT2D eigenvalue weighted by Gasteiger charge is -2.27. The number of carboxylic acids is 2. The van der Waals surface area contributed by atoms with E-state index in [2.05, 4.69) is 20.5 Å². The monoisotopic (exact) mass is 716 g/mol. The Balaban J connectivity index is 1.91. The van der Waals surface area contributed by atoms with Gasteiger partial charge in [0.25, 0.3) is 5.69 Å². The zero-order chi connectivity index (χ0) is 35.9. The van der Waals surface area contributed by atoms with Crippen molar-refractivity contribution in [2.24, 2.45) is 32.3 Å². The number of aryl methyl sites for hydroxylation is 1. The first-order valence-electron chi connectivity index (χ1n) is 15.5. The topological polar surface area (TPSA) is 189 Å². The summed E-state index contributed by atoms with van der Waals surface area (Å²) in [6.45, 7) is 6.83. The quantitative estimate of drug-likeness (QED) is 0.0497. The molecule has 14 nitrogen and oxygen atoms in total. The molecule has 49 heavy (non-hydrogen) atoms. The van der Waals surface area contributed by atoms with Gasteiger partial charge in [-0.2, -0.15) is 10.2 Å². The number of azo groups is 2. The molecule has 0 fully saturated rings. The summed E-state index contributed by atoms with van der Waals surface area (Å²) in [6.07, 6.45) is 0.535. The van der Waals surface area contributed by atoms with E-state index in [-0.39, 0.29) is 30.3 Å². The van der Waals surface area contributed by atoms with Gasteiger partial charge in [-0.15, -0.1) is 33.4 Å². The number of carboxylic acid groups (broad SMARTS) is 2. The molecule has 2 atom stereocenters. The van der Waals surface area contributed by atoms with Crippen LogP contribution < -0.4 is 14.4 Å². The summed E-state index contributed by atoms with van der Waals surface area (Å²) in [4.78, 5) is 35.5. The van der Waals surface area contributed by atoms with Crippen molar-refractivity contribution in [3.63, 3.8) is 0 Å². The molecule has 0 amide bonds. The Bertz CT molecular complexity index is 1630. The third-order valence-electron chi connectivity index (χ3n) is 7.35. The lowest BCUT2D eigenvalue weighted by Crippen LogP contribution is -2.32. The van der Waals surface area contributed by atoms with E-state index >= 15 is 0 Å². The van der Waals surface area contributed by atoms with Gasteiger partial charge in [-0.1, -0.05) is 0 Å². The van der Waals surface area contributed by atoms with Crippen molar-refractivity contribution in [2.45, 2.75) is 33.6 Å². The largest absolute Gasteiger partial charge is 0.491 e. The molecule has 16 heteroatoms. The molecule has 0 aliphatic carbocycles. The number of hydrogen-bond donors (Lipinski definition) is 2. The number of aliphatic carboxylic acids is 2. The molecule has 0 saturated carbocycles. The molecular formula is C33H38Cl2N6O8. The summed E-state index contributed by atoms with van der Waals surface area (Å²) < 4.78 is 11.6. The van der Waals surface area contributed by atoms with E-state index in [0.29, 0.717) is 60.6 Å². The molecule has 0 saturated heterocycles. The molecule has 262 valence electrons. The Morgan fingerprint density at radius 1 is 0.796 bits per heavy atom. The van der Waals surface area contributed by atoms with E-state index in [0.717, 1.165) is 11.3 Å². The summed E-state index contributed by atoms with van der Waals surface area (Å²) in [5.41, 5.74) is 3.17. The molecule has 2 N–H and O–H groups in total. The van der Waals surface area contributed by atoms with Crippen LogP contribution in [0.5, 0.6) is 11.5 Å². The SMILES string of the molecule is CCOc1cc(N=Nc2ccc(N(CCC(CCl)C(=O)O)CCC(CCl)C(=O)O)cc2C)c(OCC)cc1N=Nc1ccc([N+](=O)[O-])cc1. The maximum Gasteiger partial charge on any atom is 0.307 e. The van der Waals surface area contributed by atoms with Crippen LogP contribution in [0.3, 0.4) is 0 Å². The highest BCUT2D eigenvalue weighted by Gasteiger charge is 2.21. The predicted molar refractivity (Wildman–Crippen MR) is 187 cm³/mol. The van der Waals surface area contributed by atoms with Crippen LogP contribution in [0.25, 0.3) is 0 Å². The normalized spacial score (nSPS) is 12.6. The number of nitrogens with zero attached hydrogens (tertiary/aromatic N) is 6. The number of non-ortho nitro benzene ring substituents is 1. The molecule has 0 radical (unpaired) electrons. The Labute approximate surface area is 293 Å². The number of rotatable bonds is 20. The van der Waals surface area contributed by atoms with Gasteiger partial charge in [-0.3, -0.25) is 19.7 Å². The van der Waals surface area contributed by atoms with E-state index in [9.17, 15) is 29.9 Å². The van der Waals surface area contributed by atoms with Gasteiger partial charge in [0, 0.05) is 54.8 Å². The van der Waals surface area contributed by atoms with Crippen molar-refractivity contribution < 1.29 is 34.2 Å². The van der Waals surface area contributed by atoms with Crippen molar-refractivity contribution >= 4 is 69.3 Å². The number of benzene rings is 3. The van der Waals surface area contributed by atoms with Gasteiger partial charge in [0.05, 0.1) is 41.3 Å². The summed E-state index contributed by atoms with van der Waals surface area (Å²) in [5, 5.41) is 47.3. The highest BCUT2D eigenvalue weighted by atomic mass is 35.5. The molecule has 0 spiro atoms. The summed E-state index contributed by atoms with van der Waals surface area (Å²) in [7, 11) is 0. The highest BCUT2D eigenvalue weighted by molar-refractivity contribution is 6.19. The minimum Gasteiger partial charge on any atom is -0.491 e. The average molecular weight is 718 g/mol. The number of halogens is 2. The first kappa shape index (κ1) is 38.6. The van der Waals surface area contributed by atoms with Crippen molar-refractivity contribution in [3.8, 4) is 11.5 Å². The minimum atomic E-state index is -0.995. The number of hydrogen-bond acceptors (Lipinski definition) is 11. The molecule has 3 aromatic rings. The zero-order valence-corrected chi connectivity index (χ0v) is 28.8. The zero-order valence-electron chi connectivity index (χ0n) is 27.3. The number of nitro benzene ring substituents is 1. The van der Waals surface area contributed by atoms with Gasteiger partial charge in [0.15, 0.2) is 0 Å². The molecule has 0 aliphatic rings. The van der Waals surface area contributed by atoms with Gasteiger partial charge < -0.3 is 24.6 Å². The minimum absolute atomic E-state index is 0.0423. The van der Waals surface area contributed by atoms with Crippen LogP contribution in [0, 0.1) is 28.9 Å². The molecule has 3 aromatic carbocycles. The van der Waals surface area contributed by atoms with E-state index < -0.39 is 28.7 Å². The Hall–Kier alpha value is -4.82. The fourth-order valence-corrected chi connectivity index (χ4v) is 5.15. The van der Waals surface area contributed by atoms with Gasteiger partial charge in [0.2, 0.25) is 0 Å². The second kappa shape index (κ2) is 19.2. The molecule has 0 bridgehead atoms. The van der Waals surface area contributed by atoms with E-state index in [1.807, 2.05) is 37.8 Å². The first-order chi connectivity index (χ1) is 23.5. The fraction of sp³-hybridized carbons (Fsp3) is 0.394. The van der Waals surface area contributed by atoms with Crippen LogP contribution in [-0.4, -0.2) is 65.1 Å². The van der Waals surface area contributed by atoms with E-state index in [4.69, 9.17) is 32.7 Å². The second-order valence-corrected chi connectivity index (χ2v) is 11.4. The third-order valence-corrected chi connectivity index (χ3v) is 8.10. The van der Waals surface area contributed by atoms with Crippen LogP contribution in [0.2, 0.25) is 0 Å². The molecule has 0 aliphatic heterocycles. The first-order valence-corrected chi connectivity index (χ1v) is 16.5. The lowest BCUT2D eigenvalue weighted by atomic mass is 10.0. The van der Waals surface area contributed by atoms with Gasteiger partial charge >= 0.3 is 11.9 Å². The standard InChI is InChI=1S/C33H38Cl2N6O8/c1-4-48-30-18-29(31(49-5-2)17-28(30)38-36-24-6-8-25(9-7-24)41(46)47)39-37-27-11-10-26(16-21(27)3)40(14-12-22(19-34)32(42)43)15-13-23(20-35)33(44)45/h6-11,16-18,22-23H,4-5,12-15,19-20H2,1-3H3,(H,42,43)(H,44,45). The summed E-state index contributed by atoms with van der Waals surface area (Å²) in [5.74, 6) is -2.82. The van der Waals surface area contributed by atoms with Crippen LogP contribution >= 0.6 is 23.2 Å². The van der Waals surface area contributed by atoms with Gasteiger partial charge in [-0.05, 0) is 69.5 Å². The van der Waals surface area contributed by atoms with E-state index in [1.165, 1.54) is 24.3 Å². The Morgan fingerprint density at radius 2 is 1.29 bits per heavy atom. The molecular weight excluding hydrogens is 679 g/mol. The van der Waals surface area contributed by atoms with Gasteiger partial charge in [0.1, 0.15) is 22.9 Å². The van der Waals surface area contributed by atoms with Crippen LogP contribution in [0.4, 0.5) is 34.1 Å². The number of ether oxygens (including phenoxy) is 2. The molecule has 2 unspecified atom stereocenters. The number of anilines is 1.